The zero-order chi connectivity index (χ0) is 25.9. The lowest BCUT2D eigenvalue weighted by Gasteiger charge is -2.21. The Bertz CT molecular complexity index is 1380. The molecular weight excluding hydrogens is 474 g/mol. The molecule has 0 bridgehead atoms. The highest BCUT2D eigenvalue weighted by Gasteiger charge is 2.30. The maximum absolute atomic E-state index is 13.1. The first-order valence-electron chi connectivity index (χ1n) is 12.6. The van der Waals surface area contributed by atoms with Gasteiger partial charge in [0, 0.05) is 47.2 Å². The standard InChI is InChI=1S/C28H33N3O4S/c1-4-7-19-31-25-16-15-24(22-9-8-10-23(26(22)25)28(31)33)29-27(32)20-11-13-21(14-12-20)36(34,35)30(17-5-2)18-6-3/h8-16H,4-7,17-19H2,1-3H3,(H,29,32). The Morgan fingerprint density at radius 3 is 2.25 bits per heavy atom. The lowest BCUT2D eigenvalue weighted by molar-refractivity contribution is 0.0991. The van der Waals surface area contributed by atoms with Gasteiger partial charge in [0.1, 0.15) is 0 Å². The van der Waals surface area contributed by atoms with Crippen molar-refractivity contribution >= 4 is 44.0 Å². The average molecular weight is 508 g/mol. The normalized spacial score (nSPS) is 13.1. The highest BCUT2D eigenvalue weighted by molar-refractivity contribution is 7.89. The van der Waals surface area contributed by atoms with Crippen molar-refractivity contribution in [2.75, 3.05) is 29.9 Å². The molecule has 0 fully saturated rings. The lowest BCUT2D eigenvalue weighted by Crippen LogP contribution is -2.32. The number of nitrogens with zero attached hydrogens (tertiary/aromatic N) is 2. The zero-order valence-electron chi connectivity index (χ0n) is 21.1. The lowest BCUT2D eigenvalue weighted by atomic mass is 10.0. The number of amides is 2. The number of sulfonamides is 1. The first-order chi connectivity index (χ1) is 17.3. The molecule has 1 aliphatic heterocycles. The second-order valence-electron chi connectivity index (χ2n) is 9.05. The summed E-state index contributed by atoms with van der Waals surface area (Å²) < 4.78 is 27.5. The SMILES string of the molecule is CCCCN1C(=O)c2cccc3c(NC(=O)c4ccc(S(=O)(=O)N(CCC)CCC)cc4)ccc1c23. The van der Waals surface area contributed by atoms with E-state index in [0.717, 1.165) is 42.1 Å². The van der Waals surface area contributed by atoms with Crippen LogP contribution in [0.4, 0.5) is 11.4 Å². The molecule has 1 aliphatic rings. The number of anilines is 2. The van der Waals surface area contributed by atoms with Gasteiger partial charge < -0.3 is 10.2 Å². The fourth-order valence-electron chi connectivity index (χ4n) is 4.67. The van der Waals surface area contributed by atoms with Crippen molar-refractivity contribution in [3.05, 3.63) is 65.7 Å². The zero-order valence-corrected chi connectivity index (χ0v) is 21.9. The van der Waals surface area contributed by atoms with Crippen LogP contribution in [0.5, 0.6) is 0 Å². The molecule has 36 heavy (non-hydrogen) atoms. The topological polar surface area (TPSA) is 86.8 Å². The Kier molecular flexibility index (Phi) is 7.76. The number of carbonyl (C=O) groups excluding carboxylic acids is 2. The van der Waals surface area contributed by atoms with Gasteiger partial charge in [0.05, 0.1) is 10.6 Å². The molecular formula is C28H33N3O4S. The molecule has 190 valence electrons. The van der Waals surface area contributed by atoms with Crippen LogP contribution in [0.1, 0.15) is 67.2 Å². The van der Waals surface area contributed by atoms with E-state index in [1.165, 1.54) is 28.6 Å². The quantitative estimate of drug-likeness (QED) is 0.363. The van der Waals surface area contributed by atoms with Crippen LogP contribution < -0.4 is 10.2 Å². The number of benzene rings is 3. The van der Waals surface area contributed by atoms with Crippen molar-refractivity contribution in [1.82, 2.24) is 4.31 Å². The Morgan fingerprint density at radius 2 is 1.61 bits per heavy atom. The van der Waals surface area contributed by atoms with Gasteiger partial charge in [0.25, 0.3) is 11.8 Å². The molecule has 4 rings (SSSR count). The smallest absolute Gasteiger partial charge is 0.258 e. The van der Waals surface area contributed by atoms with Crippen LogP contribution in [0, 0.1) is 0 Å². The van der Waals surface area contributed by atoms with Gasteiger partial charge in [-0.3, -0.25) is 9.59 Å². The van der Waals surface area contributed by atoms with Crippen molar-refractivity contribution in [2.45, 2.75) is 51.3 Å². The van der Waals surface area contributed by atoms with Crippen LogP contribution in [-0.4, -0.2) is 44.2 Å². The Labute approximate surface area is 213 Å². The summed E-state index contributed by atoms with van der Waals surface area (Å²) in [6, 6.07) is 15.3. The molecule has 1 heterocycles. The van der Waals surface area contributed by atoms with E-state index < -0.39 is 10.0 Å². The number of hydrogen-bond acceptors (Lipinski definition) is 4. The number of unbranched alkanes of at least 4 members (excludes halogenated alkanes) is 1. The highest BCUT2D eigenvalue weighted by Crippen LogP contribution is 2.40. The average Bonchev–Trinajstić information content (AvgIpc) is 3.16. The van der Waals surface area contributed by atoms with Crippen molar-refractivity contribution in [3.8, 4) is 0 Å². The summed E-state index contributed by atoms with van der Waals surface area (Å²) in [7, 11) is -3.61. The van der Waals surface area contributed by atoms with E-state index in [-0.39, 0.29) is 16.7 Å². The molecule has 7 nitrogen and oxygen atoms in total. The molecule has 0 aromatic heterocycles. The van der Waals surface area contributed by atoms with Crippen molar-refractivity contribution < 1.29 is 18.0 Å². The van der Waals surface area contributed by atoms with Crippen LogP contribution in [-0.2, 0) is 10.0 Å². The third kappa shape index (κ3) is 4.75. The molecule has 0 unspecified atom stereocenters. The predicted molar refractivity (Wildman–Crippen MR) is 144 cm³/mol. The van der Waals surface area contributed by atoms with Crippen molar-refractivity contribution in [3.63, 3.8) is 0 Å². The van der Waals surface area contributed by atoms with Gasteiger partial charge in [-0.05, 0) is 61.7 Å². The first-order valence-corrected chi connectivity index (χ1v) is 14.1. The van der Waals surface area contributed by atoms with Gasteiger partial charge in [-0.25, -0.2) is 8.42 Å². The summed E-state index contributed by atoms with van der Waals surface area (Å²) >= 11 is 0. The fraction of sp³-hybridized carbons (Fsp3) is 0.357. The summed E-state index contributed by atoms with van der Waals surface area (Å²) in [4.78, 5) is 28.0. The minimum atomic E-state index is -3.61. The third-order valence-electron chi connectivity index (χ3n) is 6.47. The van der Waals surface area contributed by atoms with Crippen LogP contribution in [0.15, 0.2) is 59.5 Å². The maximum atomic E-state index is 13.1. The fourth-order valence-corrected chi connectivity index (χ4v) is 6.29. The summed E-state index contributed by atoms with van der Waals surface area (Å²) in [5.41, 5.74) is 2.48. The second kappa shape index (κ2) is 10.8. The molecule has 3 aromatic rings. The van der Waals surface area contributed by atoms with E-state index in [1.54, 1.807) is 0 Å². The maximum Gasteiger partial charge on any atom is 0.258 e. The summed E-state index contributed by atoms with van der Waals surface area (Å²) in [6.07, 6.45) is 3.37. The molecule has 1 N–H and O–H groups in total. The molecule has 0 saturated carbocycles. The minimum absolute atomic E-state index is 0.00971. The van der Waals surface area contributed by atoms with Crippen LogP contribution >= 0.6 is 0 Å². The van der Waals surface area contributed by atoms with Gasteiger partial charge in [-0.2, -0.15) is 4.31 Å². The van der Waals surface area contributed by atoms with Gasteiger partial charge in [-0.1, -0.05) is 39.3 Å². The summed E-state index contributed by atoms with van der Waals surface area (Å²) in [5, 5.41) is 4.61. The Morgan fingerprint density at radius 1 is 0.917 bits per heavy atom. The van der Waals surface area contributed by atoms with E-state index in [1.807, 2.05) is 49.1 Å². The van der Waals surface area contributed by atoms with Crippen LogP contribution in [0.25, 0.3) is 10.8 Å². The van der Waals surface area contributed by atoms with Gasteiger partial charge >= 0.3 is 0 Å². The van der Waals surface area contributed by atoms with E-state index >= 15 is 0 Å². The van der Waals surface area contributed by atoms with E-state index in [0.29, 0.717) is 36.4 Å². The molecule has 0 radical (unpaired) electrons. The number of carbonyl (C=O) groups is 2. The van der Waals surface area contributed by atoms with Crippen molar-refractivity contribution in [2.24, 2.45) is 0 Å². The molecule has 8 heteroatoms. The molecule has 3 aromatic carbocycles. The third-order valence-corrected chi connectivity index (χ3v) is 8.38. The minimum Gasteiger partial charge on any atom is -0.321 e. The van der Waals surface area contributed by atoms with Gasteiger partial charge in [0.2, 0.25) is 10.0 Å². The van der Waals surface area contributed by atoms with E-state index in [4.69, 9.17) is 0 Å². The monoisotopic (exact) mass is 507 g/mol. The Hall–Kier alpha value is -3.23. The van der Waals surface area contributed by atoms with Gasteiger partial charge in [-0.15, -0.1) is 0 Å². The highest BCUT2D eigenvalue weighted by atomic mass is 32.2. The van der Waals surface area contributed by atoms with E-state index in [9.17, 15) is 18.0 Å². The molecule has 0 atom stereocenters. The number of rotatable bonds is 11. The summed E-state index contributed by atoms with van der Waals surface area (Å²) in [6.45, 7) is 7.57. The van der Waals surface area contributed by atoms with E-state index in [2.05, 4.69) is 12.2 Å². The Balaban J connectivity index is 1.59. The second-order valence-corrected chi connectivity index (χ2v) is 11.0. The van der Waals surface area contributed by atoms with Crippen molar-refractivity contribution in [1.29, 1.82) is 0 Å². The first kappa shape index (κ1) is 25.9. The number of nitrogens with one attached hydrogen (secondary N) is 1. The number of hydrogen-bond donors (Lipinski definition) is 1. The van der Waals surface area contributed by atoms with Gasteiger partial charge in [0.15, 0.2) is 0 Å². The van der Waals surface area contributed by atoms with Crippen LogP contribution in [0.2, 0.25) is 0 Å². The molecule has 0 saturated heterocycles. The predicted octanol–water partition coefficient (Wildman–Crippen LogP) is 5.66. The summed E-state index contributed by atoms with van der Waals surface area (Å²) in [5.74, 6) is -0.352. The molecule has 0 aliphatic carbocycles. The molecule has 2 amide bonds. The van der Waals surface area contributed by atoms with Crippen LogP contribution in [0.3, 0.4) is 0 Å². The largest absolute Gasteiger partial charge is 0.321 e. The molecule has 0 spiro atoms.